The monoisotopic (exact) mass is 240 g/mol. The topological polar surface area (TPSA) is 46.5 Å². The Morgan fingerprint density at radius 2 is 2.24 bits per heavy atom. The predicted octanol–water partition coefficient (Wildman–Crippen LogP) is 2.35. The number of halogens is 1. The summed E-state index contributed by atoms with van der Waals surface area (Å²) >= 11 is 0. The van der Waals surface area contributed by atoms with Crippen LogP contribution in [0.25, 0.3) is 0 Å². The molecule has 0 radical (unpaired) electrons. The highest BCUT2D eigenvalue weighted by molar-refractivity contribution is 5.70. The van der Waals surface area contributed by atoms with Crippen LogP contribution in [0.2, 0.25) is 0 Å². The van der Waals surface area contributed by atoms with Crippen LogP contribution in [-0.4, -0.2) is 24.8 Å². The number of carbonyl (C=O) groups is 1. The average Bonchev–Trinajstić information content (AvgIpc) is 2.26. The highest BCUT2D eigenvalue weighted by atomic mass is 19.1. The van der Waals surface area contributed by atoms with Crippen LogP contribution in [0.4, 0.5) is 4.39 Å². The molecule has 0 aliphatic rings. The Hall–Kier alpha value is -1.42. The third-order valence-corrected chi connectivity index (χ3v) is 2.78. The lowest BCUT2D eigenvalue weighted by Gasteiger charge is -2.19. The number of hydrogen-bond acceptors (Lipinski definition) is 2. The first kappa shape index (κ1) is 13.6. The molecule has 94 valence electrons. The fraction of sp³-hybridized carbons (Fsp3) is 0.462. The number of carboxylic acids is 1. The number of ether oxygens (including phenoxy) is 1. The van der Waals surface area contributed by atoms with Crippen LogP contribution < -0.4 is 0 Å². The van der Waals surface area contributed by atoms with E-state index < -0.39 is 11.9 Å². The molecule has 0 fully saturated rings. The van der Waals surface area contributed by atoms with Gasteiger partial charge in [-0.15, -0.1) is 0 Å². The number of aliphatic carboxylic acids is 1. The maximum Gasteiger partial charge on any atom is 0.307 e. The molecule has 0 spiro atoms. The minimum absolute atomic E-state index is 0.110. The van der Waals surface area contributed by atoms with Gasteiger partial charge in [0.05, 0.1) is 5.92 Å². The van der Waals surface area contributed by atoms with E-state index in [-0.39, 0.29) is 11.7 Å². The van der Waals surface area contributed by atoms with Gasteiger partial charge < -0.3 is 9.84 Å². The lowest BCUT2D eigenvalue weighted by Crippen LogP contribution is -2.26. The van der Waals surface area contributed by atoms with E-state index in [1.165, 1.54) is 19.2 Å². The van der Waals surface area contributed by atoms with Crippen LogP contribution in [0.5, 0.6) is 0 Å². The zero-order chi connectivity index (χ0) is 12.8. The zero-order valence-electron chi connectivity index (χ0n) is 10.0. The van der Waals surface area contributed by atoms with Crippen molar-refractivity contribution in [1.29, 1.82) is 0 Å². The number of hydrogen-bond donors (Lipinski definition) is 1. The molecule has 17 heavy (non-hydrogen) atoms. The summed E-state index contributed by atoms with van der Waals surface area (Å²) in [5, 5.41) is 9.15. The Morgan fingerprint density at radius 1 is 1.53 bits per heavy atom. The minimum atomic E-state index is -0.876. The van der Waals surface area contributed by atoms with Crippen molar-refractivity contribution in [2.75, 3.05) is 13.7 Å². The molecule has 2 unspecified atom stereocenters. The average molecular weight is 240 g/mol. The highest BCUT2D eigenvalue weighted by Gasteiger charge is 2.24. The molecule has 0 aliphatic carbocycles. The van der Waals surface area contributed by atoms with Crippen molar-refractivity contribution in [2.45, 2.75) is 13.3 Å². The van der Waals surface area contributed by atoms with E-state index in [4.69, 9.17) is 9.84 Å². The lowest BCUT2D eigenvalue weighted by molar-refractivity contribution is -0.144. The number of rotatable bonds is 6. The summed E-state index contributed by atoms with van der Waals surface area (Å²) in [4.78, 5) is 11.2. The van der Waals surface area contributed by atoms with Crippen LogP contribution in [0.15, 0.2) is 24.3 Å². The molecule has 0 saturated heterocycles. The summed E-state index contributed by atoms with van der Waals surface area (Å²) in [6, 6.07) is 6.04. The molecule has 1 aromatic rings. The van der Waals surface area contributed by atoms with Gasteiger partial charge in [-0.25, -0.2) is 4.39 Å². The van der Waals surface area contributed by atoms with E-state index in [0.29, 0.717) is 18.6 Å². The largest absolute Gasteiger partial charge is 0.481 e. The van der Waals surface area contributed by atoms with Crippen LogP contribution in [-0.2, 0) is 16.0 Å². The molecule has 0 heterocycles. The van der Waals surface area contributed by atoms with Gasteiger partial charge in [0.25, 0.3) is 0 Å². The first-order valence-electron chi connectivity index (χ1n) is 5.50. The van der Waals surface area contributed by atoms with E-state index in [1.807, 2.05) is 6.92 Å². The second-order valence-electron chi connectivity index (χ2n) is 4.21. The molecular weight excluding hydrogens is 223 g/mol. The third kappa shape index (κ3) is 4.15. The fourth-order valence-corrected chi connectivity index (χ4v) is 1.83. The summed E-state index contributed by atoms with van der Waals surface area (Å²) in [5.74, 6) is -1.89. The Balaban J connectivity index is 2.76. The van der Waals surface area contributed by atoms with Gasteiger partial charge in [-0.1, -0.05) is 19.1 Å². The Morgan fingerprint density at radius 3 is 2.76 bits per heavy atom. The summed E-state index contributed by atoms with van der Waals surface area (Å²) in [6.07, 6.45) is 0.317. The van der Waals surface area contributed by atoms with Gasteiger partial charge >= 0.3 is 5.97 Å². The Bertz CT molecular complexity index is 379. The molecule has 0 saturated carbocycles. The second-order valence-corrected chi connectivity index (χ2v) is 4.21. The summed E-state index contributed by atoms with van der Waals surface area (Å²) in [5.41, 5.74) is 0.695. The lowest BCUT2D eigenvalue weighted by atomic mass is 9.88. The van der Waals surface area contributed by atoms with E-state index in [2.05, 4.69) is 0 Å². The highest BCUT2D eigenvalue weighted by Crippen LogP contribution is 2.19. The molecule has 2 atom stereocenters. The van der Waals surface area contributed by atoms with Gasteiger partial charge in [0, 0.05) is 13.7 Å². The van der Waals surface area contributed by atoms with Gasteiger partial charge in [0.15, 0.2) is 0 Å². The quantitative estimate of drug-likeness (QED) is 0.830. The van der Waals surface area contributed by atoms with Crippen LogP contribution in [0.1, 0.15) is 12.5 Å². The standard InChI is InChI=1S/C13H17FO3/c1-9(8-17-2)12(13(15)16)7-10-4-3-5-11(14)6-10/h3-6,9,12H,7-8H2,1-2H3,(H,15,16). The molecule has 4 heteroatoms. The van der Waals surface area contributed by atoms with Crippen molar-refractivity contribution in [1.82, 2.24) is 0 Å². The van der Waals surface area contributed by atoms with Gasteiger partial charge in [-0.05, 0) is 30.0 Å². The molecular formula is C13H17FO3. The van der Waals surface area contributed by atoms with Crippen molar-refractivity contribution < 1.29 is 19.0 Å². The fourth-order valence-electron chi connectivity index (χ4n) is 1.83. The molecule has 0 aliphatic heterocycles. The van der Waals surface area contributed by atoms with Crippen LogP contribution in [0.3, 0.4) is 0 Å². The van der Waals surface area contributed by atoms with E-state index >= 15 is 0 Å². The molecule has 1 N–H and O–H groups in total. The van der Waals surface area contributed by atoms with Crippen molar-refractivity contribution in [3.8, 4) is 0 Å². The maximum absolute atomic E-state index is 13.0. The second kappa shape index (κ2) is 6.35. The van der Waals surface area contributed by atoms with Crippen molar-refractivity contribution in [3.63, 3.8) is 0 Å². The first-order valence-corrected chi connectivity index (χ1v) is 5.50. The summed E-state index contributed by atoms with van der Waals surface area (Å²) < 4.78 is 18.0. The van der Waals surface area contributed by atoms with E-state index in [9.17, 15) is 9.18 Å². The van der Waals surface area contributed by atoms with Crippen molar-refractivity contribution >= 4 is 5.97 Å². The summed E-state index contributed by atoms with van der Waals surface area (Å²) in [6.45, 7) is 2.20. The molecule has 0 aromatic heterocycles. The molecule has 0 bridgehead atoms. The SMILES string of the molecule is COCC(C)C(Cc1cccc(F)c1)C(=O)O. The Labute approximate surface area is 100 Å². The smallest absolute Gasteiger partial charge is 0.307 e. The van der Waals surface area contributed by atoms with Gasteiger partial charge in [-0.2, -0.15) is 0 Å². The summed E-state index contributed by atoms with van der Waals surface area (Å²) in [7, 11) is 1.54. The van der Waals surface area contributed by atoms with Crippen LogP contribution in [0, 0.1) is 17.7 Å². The molecule has 0 amide bonds. The zero-order valence-corrected chi connectivity index (χ0v) is 10.0. The Kier molecular flexibility index (Phi) is 5.10. The maximum atomic E-state index is 13.0. The van der Waals surface area contributed by atoms with Gasteiger partial charge in [0.1, 0.15) is 5.82 Å². The molecule has 1 aromatic carbocycles. The predicted molar refractivity (Wildman–Crippen MR) is 62.3 cm³/mol. The number of benzene rings is 1. The van der Waals surface area contributed by atoms with Gasteiger partial charge in [0.2, 0.25) is 0 Å². The van der Waals surface area contributed by atoms with Crippen LogP contribution >= 0.6 is 0 Å². The normalized spacial score (nSPS) is 14.3. The number of carboxylic acid groups (broad SMARTS) is 1. The third-order valence-electron chi connectivity index (χ3n) is 2.78. The minimum Gasteiger partial charge on any atom is -0.481 e. The molecule has 1 rings (SSSR count). The first-order chi connectivity index (χ1) is 8.04. The van der Waals surface area contributed by atoms with Crippen molar-refractivity contribution in [2.24, 2.45) is 11.8 Å². The van der Waals surface area contributed by atoms with E-state index in [0.717, 1.165) is 0 Å². The van der Waals surface area contributed by atoms with E-state index in [1.54, 1.807) is 12.1 Å². The number of methoxy groups -OCH3 is 1. The van der Waals surface area contributed by atoms with Gasteiger partial charge in [-0.3, -0.25) is 4.79 Å². The molecule has 3 nitrogen and oxygen atoms in total. The van der Waals surface area contributed by atoms with Crippen molar-refractivity contribution in [3.05, 3.63) is 35.6 Å².